The highest BCUT2D eigenvalue weighted by molar-refractivity contribution is 7.89. The summed E-state index contributed by atoms with van der Waals surface area (Å²) < 4.78 is 32.2. The molecule has 4 N–H and O–H groups in total. The van der Waals surface area contributed by atoms with Crippen molar-refractivity contribution in [2.45, 2.75) is 57.9 Å². The van der Waals surface area contributed by atoms with Gasteiger partial charge in [0.05, 0.1) is 12.4 Å². The maximum atomic E-state index is 12.1. The lowest BCUT2D eigenvalue weighted by Crippen LogP contribution is -2.43. The molecule has 0 amide bonds. The predicted molar refractivity (Wildman–Crippen MR) is 139 cm³/mol. The molecule has 0 aliphatic rings. The Morgan fingerprint density at radius 2 is 1.71 bits per heavy atom. The van der Waals surface area contributed by atoms with Crippen LogP contribution >= 0.6 is 0 Å². The van der Waals surface area contributed by atoms with Gasteiger partial charge < -0.3 is 15.6 Å². The number of nitrogens with two attached hydrogens (primary N) is 1. The van der Waals surface area contributed by atoms with Gasteiger partial charge in [-0.3, -0.25) is 9.79 Å². The Balaban J connectivity index is 1.67. The number of sulfonamides is 1. The number of benzene rings is 2. The monoisotopic (exact) mass is 503 g/mol. The van der Waals surface area contributed by atoms with Crippen molar-refractivity contribution in [1.29, 1.82) is 0 Å². The number of hydrogen-bond acceptors (Lipinski definition) is 5. The highest BCUT2D eigenvalue weighted by Gasteiger charge is 2.24. The van der Waals surface area contributed by atoms with Crippen LogP contribution in [0.1, 0.15) is 56.6 Å². The second kappa shape index (κ2) is 15.2. The van der Waals surface area contributed by atoms with Crippen molar-refractivity contribution in [1.82, 2.24) is 4.72 Å². The van der Waals surface area contributed by atoms with Crippen molar-refractivity contribution in [2.24, 2.45) is 10.7 Å². The minimum absolute atomic E-state index is 0.0677. The molecule has 0 bridgehead atoms. The van der Waals surface area contributed by atoms with E-state index in [9.17, 15) is 18.3 Å². The molecular weight excluding hydrogens is 466 g/mol. The lowest BCUT2D eigenvalue weighted by Gasteiger charge is -2.15. The van der Waals surface area contributed by atoms with Crippen molar-refractivity contribution in [2.75, 3.05) is 18.9 Å². The molecule has 0 fully saturated rings. The number of carboxylic acids is 1. The van der Waals surface area contributed by atoms with E-state index in [-0.39, 0.29) is 12.2 Å². The van der Waals surface area contributed by atoms with Gasteiger partial charge >= 0.3 is 5.97 Å². The number of carboxylic acid groups (broad SMARTS) is 1. The Kier molecular flexibility index (Phi) is 12.3. The molecular formula is C26H37N3O5S. The largest absolute Gasteiger partial charge is 0.494 e. The van der Waals surface area contributed by atoms with Gasteiger partial charge in [-0.05, 0) is 49.8 Å². The fourth-order valence-electron chi connectivity index (χ4n) is 3.40. The molecule has 0 saturated carbocycles. The van der Waals surface area contributed by atoms with Crippen LogP contribution in [-0.2, 0) is 21.2 Å². The first-order valence-corrected chi connectivity index (χ1v) is 13.8. The topological polar surface area (TPSA) is 131 Å². The Hall–Kier alpha value is -2.91. The van der Waals surface area contributed by atoms with Crippen LogP contribution in [0.15, 0.2) is 59.6 Å². The Bertz CT molecular complexity index is 1020. The van der Waals surface area contributed by atoms with E-state index < -0.39 is 22.0 Å². The molecule has 35 heavy (non-hydrogen) atoms. The SMILES string of the molecule is CCCCS(=O)(=O)NC(Cc1ccc(OCCCCCCN=C(N)c2ccccc2)cc1)C(=O)O. The van der Waals surface area contributed by atoms with Gasteiger partial charge in [0, 0.05) is 12.1 Å². The molecule has 0 saturated heterocycles. The average Bonchev–Trinajstić information content (AvgIpc) is 2.85. The molecule has 0 aliphatic carbocycles. The van der Waals surface area contributed by atoms with Crippen LogP contribution < -0.4 is 15.2 Å². The zero-order chi connectivity index (χ0) is 25.5. The molecule has 1 atom stereocenters. The van der Waals surface area contributed by atoms with Gasteiger partial charge in [-0.15, -0.1) is 0 Å². The summed E-state index contributed by atoms with van der Waals surface area (Å²) in [4.78, 5) is 15.9. The van der Waals surface area contributed by atoms with E-state index in [1.807, 2.05) is 37.3 Å². The molecule has 8 nitrogen and oxygen atoms in total. The smallest absolute Gasteiger partial charge is 0.322 e. The standard InChI is InChI=1S/C26H37N3O5S/c1-2-3-19-35(32,33)29-24(26(30)31)20-21-13-15-23(16-14-21)34-18-10-5-4-9-17-28-25(27)22-11-7-6-8-12-22/h6-8,11-16,24,29H,2-5,9-10,17-20H2,1H3,(H2,27,28)(H,30,31). The fourth-order valence-corrected chi connectivity index (χ4v) is 4.81. The number of ether oxygens (including phenoxy) is 1. The molecule has 0 heterocycles. The summed E-state index contributed by atoms with van der Waals surface area (Å²) in [6.45, 7) is 3.17. The van der Waals surface area contributed by atoms with Gasteiger partial charge in [-0.1, -0.05) is 62.2 Å². The molecule has 0 spiro atoms. The van der Waals surface area contributed by atoms with E-state index in [0.29, 0.717) is 31.2 Å². The number of rotatable bonds is 17. The van der Waals surface area contributed by atoms with E-state index in [0.717, 1.165) is 43.2 Å². The summed E-state index contributed by atoms with van der Waals surface area (Å²) in [7, 11) is -3.63. The van der Waals surface area contributed by atoms with E-state index in [1.54, 1.807) is 24.3 Å². The predicted octanol–water partition coefficient (Wildman–Crippen LogP) is 3.75. The summed E-state index contributed by atoms with van der Waals surface area (Å²) >= 11 is 0. The zero-order valence-electron chi connectivity index (χ0n) is 20.4. The van der Waals surface area contributed by atoms with E-state index in [2.05, 4.69) is 9.71 Å². The van der Waals surface area contributed by atoms with Crippen molar-refractivity contribution < 1.29 is 23.1 Å². The summed E-state index contributed by atoms with van der Waals surface area (Å²) in [5, 5.41) is 9.41. The second-order valence-electron chi connectivity index (χ2n) is 8.42. The van der Waals surface area contributed by atoms with Crippen LogP contribution in [-0.4, -0.2) is 50.3 Å². The van der Waals surface area contributed by atoms with Crippen molar-refractivity contribution >= 4 is 21.8 Å². The molecule has 0 radical (unpaired) electrons. The van der Waals surface area contributed by atoms with Gasteiger partial charge in [0.2, 0.25) is 10.0 Å². The highest BCUT2D eigenvalue weighted by atomic mass is 32.2. The number of nitrogens with one attached hydrogen (secondary N) is 1. The molecule has 1 unspecified atom stereocenters. The molecule has 2 rings (SSSR count). The van der Waals surface area contributed by atoms with Gasteiger partial charge in [-0.2, -0.15) is 0 Å². The summed E-state index contributed by atoms with van der Waals surface area (Å²) in [5.41, 5.74) is 7.65. The lowest BCUT2D eigenvalue weighted by atomic mass is 10.1. The number of unbranched alkanes of at least 4 members (excludes halogenated alkanes) is 4. The number of hydrogen-bond donors (Lipinski definition) is 3. The third kappa shape index (κ3) is 11.4. The van der Waals surface area contributed by atoms with Gasteiger partial charge in [-0.25, -0.2) is 13.1 Å². The number of nitrogens with zero attached hydrogens (tertiary/aromatic N) is 1. The number of aliphatic imine (C=N–C) groups is 1. The maximum Gasteiger partial charge on any atom is 0.322 e. The third-order valence-electron chi connectivity index (χ3n) is 5.42. The normalized spacial score (nSPS) is 12.9. The molecule has 0 aromatic heterocycles. The molecule has 0 aliphatic heterocycles. The molecule has 2 aromatic rings. The zero-order valence-corrected chi connectivity index (χ0v) is 21.2. The van der Waals surface area contributed by atoms with Crippen LogP contribution in [0, 0.1) is 0 Å². The van der Waals surface area contributed by atoms with Gasteiger partial charge in [0.1, 0.15) is 17.6 Å². The van der Waals surface area contributed by atoms with E-state index in [1.165, 1.54) is 0 Å². The molecule has 9 heteroatoms. The van der Waals surface area contributed by atoms with Crippen LogP contribution in [0.2, 0.25) is 0 Å². The Morgan fingerprint density at radius 1 is 1.03 bits per heavy atom. The Morgan fingerprint density at radius 3 is 2.37 bits per heavy atom. The highest BCUT2D eigenvalue weighted by Crippen LogP contribution is 2.15. The minimum Gasteiger partial charge on any atom is -0.494 e. The van der Waals surface area contributed by atoms with Crippen molar-refractivity contribution in [3.8, 4) is 5.75 Å². The van der Waals surface area contributed by atoms with E-state index in [4.69, 9.17) is 10.5 Å². The minimum atomic E-state index is -3.63. The fraction of sp³-hybridized carbons (Fsp3) is 0.462. The number of carbonyl (C=O) groups is 1. The van der Waals surface area contributed by atoms with Gasteiger partial charge in [0.15, 0.2) is 0 Å². The number of amidine groups is 1. The van der Waals surface area contributed by atoms with Crippen LogP contribution in [0.3, 0.4) is 0 Å². The van der Waals surface area contributed by atoms with Crippen LogP contribution in [0.5, 0.6) is 5.75 Å². The lowest BCUT2D eigenvalue weighted by molar-refractivity contribution is -0.138. The third-order valence-corrected chi connectivity index (χ3v) is 6.89. The Labute approximate surface area is 208 Å². The first kappa shape index (κ1) is 28.3. The molecule has 2 aromatic carbocycles. The number of aliphatic carboxylic acids is 1. The molecule has 192 valence electrons. The summed E-state index contributed by atoms with van der Waals surface area (Å²) in [5.74, 6) is -0.00107. The van der Waals surface area contributed by atoms with Gasteiger partial charge in [0.25, 0.3) is 0 Å². The van der Waals surface area contributed by atoms with Crippen LogP contribution in [0.25, 0.3) is 0 Å². The van der Waals surface area contributed by atoms with Crippen LogP contribution in [0.4, 0.5) is 0 Å². The van der Waals surface area contributed by atoms with Crippen molar-refractivity contribution in [3.63, 3.8) is 0 Å². The first-order valence-electron chi connectivity index (χ1n) is 12.1. The average molecular weight is 504 g/mol. The van der Waals surface area contributed by atoms with Crippen molar-refractivity contribution in [3.05, 3.63) is 65.7 Å². The summed E-state index contributed by atoms with van der Waals surface area (Å²) in [6, 6.07) is 15.6. The second-order valence-corrected chi connectivity index (χ2v) is 10.3. The quantitative estimate of drug-likeness (QED) is 0.171. The van der Waals surface area contributed by atoms with E-state index >= 15 is 0 Å². The maximum absolute atomic E-state index is 12.1. The summed E-state index contributed by atoms with van der Waals surface area (Å²) in [6.07, 6.45) is 5.23. The first-order chi connectivity index (χ1) is 16.8.